The van der Waals surface area contributed by atoms with Crippen molar-refractivity contribution in [2.24, 2.45) is 5.84 Å². The second kappa shape index (κ2) is 6.28. The molecule has 0 fully saturated rings. The Labute approximate surface area is 108 Å². The van der Waals surface area contributed by atoms with Crippen molar-refractivity contribution in [3.63, 3.8) is 0 Å². The molecule has 0 bridgehead atoms. The number of benzene rings is 1. The van der Waals surface area contributed by atoms with Gasteiger partial charge in [0.2, 0.25) is 0 Å². The molecule has 3 nitrogen and oxygen atoms in total. The van der Waals surface area contributed by atoms with E-state index in [1.54, 1.807) is 6.20 Å². The lowest BCUT2D eigenvalue weighted by atomic mass is 9.96. The number of nitrogens with one attached hydrogen (secondary N) is 1. The van der Waals surface area contributed by atoms with Gasteiger partial charge in [-0.25, -0.2) is 0 Å². The van der Waals surface area contributed by atoms with Gasteiger partial charge in [-0.15, -0.1) is 0 Å². The van der Waals surface area contributed by atoms with Crippen LogP contribution in [-0.2, 0) is 6.42 Å². The van der Waals surface area contributed by atoms with Crippen molar-refractivity contribution < 1.29 is 0 Å². The summed E-state index contributed by atoms with van der Waals surface area (Å²) < 4.78 is 0. The molecule has 2 aromatic rings. The molecule has 0 saturated carbocycles. The van der Waals surface area contributed by atoms with Crippen molar-refractivity contribution in [1.29, 1.82) is 0 Å². The normalized spacial score (nSPS) is 12.3. The standard InChI is InChI=1S/C15H19N3/c1-12-5-2-3-7-14(12)15(18-16)9-8-13-6-4-10-17-11-13/h2-7,10-11,15,18H,8-9,16H2,1H3. The van der Waals surface area contributed by atoms with Crippen LogP contribution >= 0.6 is 0 Å². The second-order valence-corrected chi connectivity index (χ2v) is 4.48. The smallest absolute Gasteiger partial charge is 0.0465 e. The highest BCUT2D eigenvalue weighted by Crippen LogP contribution is 2.21. The van der Waals surface area contributed by atoms with Crippen LogP contribution in [-0.4, -0.2) is 4.98 Å². The molecular formula is C15H19N3. The minimum Gasteiger partial charge on any atom is -0.271 e. The highest BCUT2D eigenvalue weighted by Gasteiger charge is 2.11. The van der Waals surface area contributed by atoms with Gasteiger partial charge in [0.25, 0.3) is 0 Å². The topological polar surface area (TPSA) is 50.9 Å². The molecular weight excluding hydrogens is 222 g/mol. The van der Waals surface area contributed by atoms with Gasteiger partial charge in [0.1, 0.15) is 0 Å². The predicted molar refractivity (Wildman–Crippen MR) is 73.8 cm³/mol. The second-order valence-electron chi connectivity index (χ2n) is 4.48. The molecule has 3 N–H and O–H groups in total. The summed E-state index contributed by atoms with van der Waals surface area (Å²) >= 11 is 0. The third kappa shape index (κ3) is 3.15. The van der Waals surface area contributed by atoms with Crippen LogP contribution in [0.3, 0.4) is 0 Å². The fourth-order valence-corrected chi connectivity index (χ4v) is 2.16. The lowest BCUT2D eigenvalue weighted by molar-refractivity contribution is 0.514. The number of nitrogens with zero attached hydrogens (tertiary/aromatic N) is 1. The molecule has 0 aliphatic heterocycles. The van der Waals surface area contributed by atoms with E-state index in [4.69, 9.17) is 5.84 Å². The fraction of sp³-hybridized carbons (Fsp3) is 0.267. The predicted octanol–water partition coefficient (Wildman–Crippen LogP) is 2.53. The summed E-state index contributed by atoms with van der Waals surface area (Å²) in [6.45, 7) is 2.11. The van der Waals surface area contributed by atoms with Gasteiger partial charge in [0, 0.05) is 18.4 Å². The van der Waals surface area contributed by atoms with Gasteiger partial charge in [0.15, 0.2) is 0 Å². The first-order chi connectivity index (χ1) is 8.81. The van der Waals surface area contributed by atoms with Crippen molar-refractivity contribution in [3.05, 3.63) is 65.5 Å². The van der Waals surface area contributed by atoms with Crippen molar-refractivity contribution in [2.45, 2.75) is 25.8 Å². The van der Waals surface area contributed by atoms with Crippen LogP contribution in [0.15, 0.2) is 48.8 Å². The van der Waals surface area contributed by atoms with Crippen molar-refractivity contribution in [3.8, 4) is 0 Å². The summed E-state index contributed by atoms with van der Waals surface area (Å²) in [6, 6.07) is 12.6. The van der Waals surface area contributed by atoms with E-state index in [0.29, 0.717) is 0 Å². The zero-order chi connectivity index (χ0) is 12.8. The van der Waals surface area contributed by atoms with Gasteiger partial charge < -0.3 is 0 Å². The molecule has 0 radical (unpaired) electrons. The van der Waals surface area contributed by atoms with Gasteiger partial charge in [0.05, 0.1) is 0 Å². The van der Waals surface area contributed by atoms with Gasteiger partial charge in [-0.3, -0.25) is 16.3 Å². The highest BCUT2D eigenvalue weighted by molar-refractivity contribution is 5.28. The van der Waals surface area contributed by atoms with E-state index in [1.165, 1.54) is 16.7 Å². The number of hydrogen-bond donors (Lipinski definition) is 2. The third-order valence-corrected chi connectivity index (χ3v) is 3.21. The fourth-order valence-electron chi connectivity index (χ4n) is 2.16. The molecule has 1 aromatic heterocycles. The lowest BCUT2D eigenvalue weighted by Gasteiger charge is -2.18. The Kier molecular flexibility index (Phi) is 4.45. The minimum absolute atomic E-state index is 0.186. The summed E-state index contributed by atoms with van der Waals surface area (Å²) in [5.41, 5.74) is 6.69. The number of aromatic nitrogens is 1. The Morgan fingerprint density at radius 1 is 1.22 bits per heavy atom. The van der Waals surface area contributed by atoms with E-state index < -0.39 is 0 Å². The number of nitrogens with two attached hydrogens (primary N) is 1. The molecule has 94 valence electrons. The van der Waals surface area contributed by atoms with E-state index in [1.807, 2.05) is 18.3 Å². The van der Waals surface area contributed by atoms with Gasteiger partial charge in [-0.05, 0) is 42.5 Å². The molecule has 0 aliphatic carbocycles. The largest absolute Gasteiger partial charge is 0.271 e. The molecule has 2 rings (SSSR count). The van der Waals surface area contributed by atoms with E-state index >= 15 is 0 Å². The molecule has 18 heavy (non-hydrogen) atoms. The Hall–Kier alpha value is -1.71. The molecule has 0 saturated heterocycles. The first-order valence-electron chi connectivity index (χ1n) is 6.22. The summed E-state index contributed by atoms with van der Waals surface area (Å²) in [5, 5.41) is 0. The van der Waals surface area contributed by atoms with E-state index in [2.05, 4.69) is 41.6 Å². The van der Waals surface area contributed by atoms with Crippen LogP contribution in [0.1, 0.15) is 29.2 Å². The minimum atomic E-state index is 0.186. The summed E-state index contributed by atoms with van der Waals surface area (Å²) in [4.78, 5) is 4.13. The van der Waals surface area contributed by atoms with Crippen LogP contribution in [0.25, 0.3) is 0 Å². The Bertz CT molecular complexity index is 482. The lowest BCUT2D eigenvalue weighted by Crippen LogP contribution is -2.29. The molecule has 1 unspecified atom stereocenters. The average Bonchev–Trinajstić information content (AvgIpc) is 2.42. The first kappa shape index (κ1) is 12.7. The SMILES string of the molecule is Cc1ccccc1C(CCc1cccnc1)NN. The summed E-state index contributed by atoms with van der Waals surface area (Å²) in [7, 11) is 0. The number of pyridine rings is 1. The Morgan fingerprint density at radius 3 is 2.72 bits per heavy atom. The third-order valence-electron chi connectivity index (χ3n) is 3.21. The van der Waals surface area contributed by atoms with Crippen LogP contribution in [0.4, 0.5) is 0 Å². The van der Waals surface area contributed by atoms with Crippen LogP contribution in [0, 0.1) is 6.92 Å². The quantitative estimate of drug-likeness (QED) is 0.624. The molecule has 1 atom stereocenters. The van der Waals surface area contributed by atoms with Crippen LogP contribution in [0.5, 0.6) is 0 Å². The number of hydrazine groups is 1. The molecule has 3 heteroatoms. The van der Waals surface area contributed by atoms with E-state index in [-0.39, 0.29) is 6.04 Å². The van der Waals surface area contributed by atoms with Crippen LogP contribution in [0.2, 0.25) is 0 Å². The average molecular weight is 241 g/mol. The van der Waals surface area contributed by atoms with Crippen molar-refractivity contribution in [2.75, 3.05) is 0 Å². The van der Waals surface area contributed by atoms with E-state index in [9.17, 15) is 0 Å². The van der Waals surface area contributed by atoms with E-state index in [0.717, 1.165) is 12.8 Å². The maximum atomic E-state index is 5.67. The van der Waals surface area contributed by atoms with Crippen molar-refractivity contribution >= 4 is 0 Å². The number of aryl methyl sites for hydroxylation is 2. The first-order valence-corrected chi connectivity index (χ1v) is 6.22. The summed E-state index contributed by atoms with van der Waals surface area (Å²) in [5.74, 6) is 5.67. The van der Waals surface area contributed by atoms with Gasteiger partial charge in [-0.1, -0.05) is 30.3 Å². The summed E-state index contributed by atoms with van der Waals surface area (Å²) in [6.07, 6.45) is 5.64. The van der Waals surface area contributed by atoms with Crippen molar-refractivity contribution in [1.82, 2.24) is 10.4 Å². The van der Waals surface area contributed by atoms with Crippen LogP contribution < -0.4 is 11.3 Å². The zero-order valence-electron chi connectivity index (χ0n) is 10.6. The molecule has 0 spiro atoms. The molecule has 1 heterocycles. The molecule has 0 amide bonds. The zero-order valence-corrected chi connectivity index (χ0v) is 10.6. The highest BCUT2D eigenvalue weighted by atomic mass is 15.2. The van der Waals surface area contributed by atoms with Gasteiger partial charge in [-0.2, -0.15) is 0 Å². The Morgan fingerprint density at radius 2 is 2.06 bits per heavy atom. The monoisotopic (exact) mass is 241 g/mol. The maximum Gasteiger partial charge on any atom is 0.0465 e. The van der Waals surface area contributed by atoms with Gasteiger partial charge >= 0.3 is 0 Å². The number of hydrogen-bond acceptors (Lipinski definition) is 3. The molecule has 1 aromatic carbocycles. The maximum absolute atomic E-state index is 5.67. The Balaban J connectivity index is 2.04. The number of rotatable bonds is 5. The molecule has 0 aliphatic rings.